The van der Waals surface area contributed by atoms with Crippen molar-refractivity contribution in [2.24, 2.45) is 5.73 Å². The normalized spacial score (nSPS) is 12.2. The van der Waals surface area contributed by atoms with E-state index >= 15 is 0 Å². The van der Waals surface area contributed by atoms with Crippen molar-refractivity contribution >= 4 is 24.4 Å². The molecule has 0 heterocycles. The number of rotatable bonds is 4. The van der Waals surface area contributed by atoms with E-state index in [1.165, 1.54) is 0 Å². The van der Waals surface area contributed by atoms with Crippen molar-refractivity contribution < 1.29 is 9.59 Å². The highest BCUT2D eigenvalue weighted by Gasteiger charge is 2.10. The Balaban J connectivity index is 3.60. The van der Waals surface area contributed by atoms with Gasteiger partial charge >= 0.3 is 0 Å². The van der Waals surface area contributed by atoms with Crippen molar-refractivity contribution in [3.8, 4) is 0 Å². The van der Waals surface area contributed by atoms with E-state index in [2.05, 4.69) is 17.9 Å². The Morgan fingerprint density at radius 1 is 1.64 bits per heavy atom. The predicted molar refractivity (Wildman–Crippen MR) is 45.3 cm³/mol. The zero-order valence-electron chi connectivity index (χ0n) is 6.33. The molecule has 0 aliphatic carbocycles. The van der Waals surface area contributed by atoms with Crippen LogP contribution in [-0.4, -0.2) is 23.6 Å². The molecular weight excluding hydrogens is 164 g/mol. The lowest BCUT2D eigenvalue weighted by molar-refractivity contribution is -0.124. The monoisotopic (exact) mass is 176 g/mol. The van der Waals surface area contributed by atoms with Crippen molar-refractivity contribution in [3.63, 3.8) is 0 Å². The maximum atomic E-state index is 10.9. The molecule has 0 spiro atoms. The van der Waals surface area contributed by atoms with Gasteiger partial charge in [-0.1, -0.05) is 6.92 Å². The average molecular weight is 176 g/mol. The highest BCUT2D eigenvalue weighted by Crippen LogP contribution is 1.98. The van der Waals surface area contributed by atoms with Gasteiger partial charge in [-0.3, -0.25) is 9.59 Å². The molecule has 0 fully saturated rings. The second-order valence-electron chi connectivity index (χ2n) is 2.11. The van der Waals surface area contributed by atoms with Crippen LogP contribution in [0.5, 0.6) is 0 Å². The molecule has 0 rings (SSSR count). The van der Waals surface area contributed by atoms with E-state index in [4.69, 9.17) is 5.73 Å². The molecule has 0 aromatic heterocycles. The van der Waals surface area contributed by atoms with Gasteiger partial charge < -0.3 is 11.1 Å². The van der Waals surface area contributed by atoms with Crippen molar-refractivity contribution in [1.82, 2.24) is 5.32 Å². The first kappa shape index (κ1) is 10.3. The van der Waals surface area contributed by atoms with Gasteiger partial charge in [0.25, 0.3) is 0 Å². The largest absolute Gasteiger partial charge is 0.368 e. The SMILES string of the molecule is CCC(S)C(=O)NCC(N)=O. The molecule has 0 aliphatic heterocycles. The molecular formula is C6H12N2O2S. The lowest BCUT2D eigenvalue weighted by Gasteiger charge is -2.06. The van der Waals surface area contributed by atoms with E-state index in [-0.39, 0.29) is 17.7 Å². The zero-order valence-corrected chi connectivity index (χ0v) is 7.23. The number of hydrogen-bond acceptors (Lipinski definition) is 3. The molecule has 0 bridgehead atoms. The van der Waals surface area contributed by atoms with E-state index in [1.807, 2.05) is 6.92 Å². The van der Waals surface area contributed by atoms with Crippen LogP contribution in [-0.2, 0) is 9.59 Å². The first-order valence-corrected chi connectivity index (χ1v) is 3.83. The van der Waals surface area contributed by atoms with Gasteiger partial charge in [-0.15, -0.1) is 0 Å². The molecule has 11 heavy (non-hydrogen) atoms. The fourth-order valence-electron chi connectivity index (χ4n) is 0.477. The summed E-state index contributed by atoms with van der Waals surface area (Å²) in [6.45, 7) is 1.72. The van der Waals surface area contributed by atoms with Gasteiger partial charge in [-0.05, 0) is 6.42 Å². The standard InChI is InChI=1S/C6H12N2O2S/c1-2-4(11)6(10)8-3-5(7)9/h4,11H,2-3H2,1H3,(H2,7,9)(H,8,10). The molecule has 0 saturated carbocycles. The highest BCUT2D eigenvalue weighted by atomic mass is 32.1. The third kappa shape index (κ3) is 4.66. The van der Waals surface area contributed by atoms with Crippen molar-refractivity contribution in [2.75, 3.05) is 6.54 Å². The molecule has 3 N–H and O–H groups in total. The Kier molecular flexibility index (Phi) is 4.69. The summed E-state index contributed by atoms with van der Waals surface area (Å²) in [4.78, 5) is 21.1. The maximum Gasteiger partial charge on any atom is 0.236 e. The summed E-state index contributed by atoms with van der Waals surface area (Å²) >= 11 is 3.96. The predicted octanol–water partition coefficient (Wildman–Crippen LogP) is -0.704. The van der Waals surface area contributed by atoms with Crippen LogP contribution in [0.3, 0.4) is 0 Å². The van der Waals surface area contributed by atoms with Crippen LogP contribution < -0.4 is 11.1 Å². The molecule has 2 amide bonds. The molecule has 0 aromatic carbocycles. The number of amides is 2. The Labute approximate surface area is 70.9 Å². The Hall–Kier alpha value is -0.710. The van der Waals surface area contributed by atoms with E-state index in [0.717, 1.165) is 0 Å². The van der Waals surface area contributed by atoms with Gasteiger partial charge in [0.15, 0.2) is 0 Å². The van der Waals surface area contributed by atoms with Crippen LogP contribution in [0.2, 0.25) is 0 Å². The Bertz CT molecular complexity index is 161. The molecule has 0 aromatic rings. The fourth-order valence-corrected chi connectivity index (χ4v) is 0.569. The molecule has 5 heteroatoms. The van der Waals surface area contributed by atoms with Crippen LogP contribution in [0.25, 0.3) is 0 Å². The molecule has 1 unspecified atom stereocenters. The van der Waals surface area contributed by atoms with Crippen LogP contribution >= 0.6 is 12.6 Å². The quantitative estimate of drug-likeness (QED) is 0.495. The summed E-state index contributed by atoms with van der Waals surface area (Å²) in [6, 6.07) is 0. The first-order chi connectivity index (χ1) is 5.07. The van der Waals surface area contributed by atoms with Crippen LogP contribution in [0, 0.1) is 0 Å². The third-order valence-electron chi connectivity index (χ3n) is 1.13. The highest BCUT2D eigenvalue weighted by molar-refractivity contribution is 7.81. The van der Waals surface area contributed by atoms with Crippen molar-refractivity contribution in [3.05, 3.63) is 0 Å². The van der Waals surface area contributed by atoms with E-state index in [0.29, 0.717) is 6.42 Å². The molecule has 0 saturated heterocycles. The number of hydrogen-bond donors (Lipinski definition) is 3. The van der Waals surface area contributed by atoms with Gasteiger partial charge in [-0.25, -0.2) is 0 Å². The van der Waals surface area contributed by atoms with Gasteiger partial charge in [0, 0.05) is 0 Å². The number of primary amides is 1. The van der Waals surface area contributed by atoms with Gasteiger partial charge in [-0.2, -0.15) is 12.6 Å². The summed E-state index contributed by atoms with van der Waals surface area (Å²) in [5.74, 6) is -0.801. The Morgan fingerprint density at radius 3 is 2.55 bits per heavy atom. The van der Waals surface area contributed by atoms with E-state index < -0.39 is 5.91 Å². The summed E-state index contributed by atoms with van der Waals surface area (Å²) in [5.41, 5.74) is 4.80. The Morgan fingerprint density at radius 2 is 2.18 bits per heavy atom. The third-order valence-corrected chi connectivity index (χ3v) is 1.73. The van der Waals surface area contributed by atoms with E-state index in [1.54, 1.807) is 0 Å². The van der Waals surface area contributed by atoms with Gasteiger partial charge in [0.2, 0.25) is 11.8 Å². The number of nitrogens with one attached hydrogen (secondary N) is 1. The summed E-state index contributed by atoms with van der Waals surface area (Å²) in [6.07, 6.45) is 0.633. The molecule has 0 aliphatic rings. The lowest BCUT2D eigenvalue weighted by Crippen LogP contribution is -2.37. The number of carbonyl (C=O) groups excluding carboxylic acids is 2. The fraction of sp³-hybridized carbons (Fsp3) is 0.667. The minimum atomic E-state index is -0.546. The molecule has 64 valence electrons. The number of thiol groups is 1. The van der Waals surface area contributed by atoms with E-state index in [9.17, 15) is 9.59 Å². The minimum Gasteiger partial charge on any atom is -0.368 e. The maximum absolute atomic E-state index is 10.9. The number of nitrogens with two attached hydrogens (primary N) is 1. The smallest absolute Gasteiger partial charge is 0.236 e. The second kappa shape index (κ2) is 5.01. The summed E-state index contributed by atoms with van der Waals surface area (Å²) in [5, 5.41) is 1.99. The lowest BCUT2D eigenvalue weighted by atomic mass is 10.3. The average Bonchev–Trinajstić information content (AvgIpc) is 1.98. The van der Waals surface area contributed by atoms with Crippen LogP contribution in [0.4, 0.5) is 0 Å². The first-order valence-electron chi connectivity index (χ1n) is 3.32. The number of carbonyl (C=O) groups is 2. The molecule has 0 radical (unpaired) electrons. The zero-order chi connectivity index (χ0) is 8.85. The van der Waals surface area contributed by atoms with Crippen LogP contribution in [0.15, 0.2) is 0 Å². The summed E-state index contributed by atoms with van der Waals surface area (Å²) < 4.78 is 0. The molecule has 1 atom stereocenters. The van der Waals surface area contributed by atoms with Crippen LogP contribution in [0.1, 0.15) is 13.3 Å². The topological polar surface area (TPSA) is 72.2 Å². The second-order valence-corrected chi connectivity index (χ2v) is 2.73. The van der Waals surface area contributed by atoms with Gasteiger partial charge in [0.1, 0.15) is 0 Å². The van der Waals surface area contributed by atoms with Gasteiger partial charge in [0.05, 0.1) is 11.8 Å². The van der Waals surface area contributed by atoms with Crippen molar-refractivity contribution in [1.29, 1.82) is 0 Å². The minimum absolute atomic E-state index is 0.115. The summed E-state index contributed by atoms with van der Waals surface area (Å²) in [7, 11) is 0. The molecule has 4 nitrogen and oxygen atoms in total. The van der Waals surface area contributed by atoms with Crippen molar-refractivity contribution in [2.45, 2.75) is 18.6 Å².